The highest BCUT2D eigenvalue weighted by atomic mass is 79.9. The minimum Gasteiger partial charge on any atom is -0.486 e. The van der Waals surface area contributed by atoms with Crippen LogP contribution in [0.5, 0.6) is 11.5 Å². The zero-order chi connectivity index (χ0) is 19.8. The van der Waals surface area contributed by atoms with Gasteiger partial charge < -0.3 is 19.8 Å². The smallest absolute Gasteiger partial charge is 0.251 e. The molecule has 7 heteroatoms. The number of halogens is 1. The summed E-state index contributed by atoms with van der Waals surface area (Å²) in [5, 5.41) is 3.20. The quantitative estimate of drug-likeness (QED) is 0.606. The summed E-state index contributed by atoms with van der Waals surface area (Å²) in [6.45, 7) is 1.05. The first-order valence-corrected chi connectivity index (χ1v) is 10.8. The van der Waals surface area contributed by atoms with Crippen LogP contribution in [0.15, 0.2) is 40.9 Å². The number of aromatic nitrogens is 2. The van der Waals surface area contributed by atoms with Gasteiger partial charge in [-0.1, -0.05) is 22.4 Å². The number of carbonyl (C=O) groups is 1. The molecule has 1 amide bonds. The van der Waals surface area contributed by atoms with Crippen LogP contribution in [0.25, 0.3) is 11.0 Å². The molecule has 1 aliphatic heterocycles. The Morgan fingerprint density at radius 3 is 2.86 bits per heavy atom. The van der Waals surface area contributed by atoms with Gasteiger partial charge in [0.1, 0.15) is 19.0 Å². The van der Waals surface area contributed by atoms with E-state index in [9.17, 15) is 4.79 Å². The van der Waals surface area contributed by atoms with E-state index in [0.29, 0.717) is 36.2 Å². The van der Waals surface area contributed by atoms with E-state index in [1.54, 1.807) is 18.2 Å². The Balaban J connectivity index is 1.28. The van der Waals surface area contributed by atoms with Crippen LogP contribution in [0.1, 0.15) is 47.8 Å². The molecule has 3 aromatic rings. The lowest BCUT2D eigenvalue weighted by Gasteiger charge is -2.29. The van der Waals surface area contributed by atoms with Crippen molar-refractivity contribution < 1.29 is 14.3 Å². The summed E-state index contributed by atoms with van der Waals surface area (Å²) in [5.74, 6) is 2.60. The lowest BCUT2D eigenvalue weighted by atomic mass is 9.85. The van der Waals surface area contributed by atoms with E-state index in [0.717, 1.165) is 47.0 Å². The summed E-state index contributed by atoms with van der Waals surface area (Å²) >= 11 is 3.51. The van der Waals surface area contributed by atoms with Crippen molar-refractivity contribution in [3.8, 4) is 11.5 Å². The fraction of sp³-hybridized carbons (Fsp3) is 0.364. The van der Waals surface area contributed by atoms with Crippen LogP contribution in [0.3, 0.4) is 0 Å². The molecule has 1 aromatic heterocycles. The maximum absolute atomic E-state index is 12.8. The number of nitrogens with zero attached hydrogens (tertiary/aromatic N) is 1. The molecule has 150 valence electrons. The molecule has 2 atom stereocenters. The third kappa shape index (κ3) is 3.83. The van der Waals surface area contributed by atoms with Gasteiger partial charge in [0.2, 0.25) is 0 Å². The number of ether oxygens (including phenoxy) is 2. The molecule has 1 saturated carbocycles. The van der Waals surface area contributed by atoms with E-state index in [1.165, 1.54) is 0 Å². The van der Waals surface area contributed by atoms with Gasteiger partial charge in [-0.2, -0.15) is 0 Å². The Bertz CT molecular complexity index is 1060. The highest BCUT2D eigenvalue weighted by Gasteiger charge is 2.27. The number of benzene rings is 2. The molecule has 2 aliphatic rings. The minimum absolute atomic E-state index is 0.0684. The SMILES string of the molecule is O=C(NC1CCCC(c2nc3ccc(Br)cc3[nH]2)C1)c1ccc2c(c1)OCCO2. The first-order chi connectivity index (χ1) is 14.2. The molecule has 2 aromatic carbocycles. The van der Waals surface area contributed by atoms with E-state index in [1.807, 2.05) is 12.1 Å². The van der Waals surface area contributed by atoms with E-state index in [4.69, 9.17) is 14.5 Å². The van der Waals surface area contributed by atoms with Gasteiger partial charge in [-0.3, -0.25) is 4.79 Å². The normalized spacial score (nSPS) is 21.1. The molecule has 6 nitrogen and oxygen atoms in total. The number of imidazole rings is 1. The molecule has 29 heavy (non-hydrogen) atoms. The van der Waals surface area contributed by atoms with Crippen molar-refractivity contribution in [2.45, 2.75) is 37.6 Å². The van der Waals surface area contributed by atoms with Crippen LogP contribution in [0.4, 0.5) is 0 Å². The molecular weight excluding hydrogens is 434 g/mol. The highest BCUT2D eigenvalue weighted by Crippen LogP contribution is 2.34. The average molecular weight is 456 g/mol. The number of rotatable bonds is 3. The third-order valence-corrected chi connectivity index (χ3v) is 6.16. The molecule has 0 bridgehead atoms. The predicted octanol–water partition coefficient (Wildman–Crippen LogP) is 4.55. The monoisotopic (exact) mass is 455 g/mol. The van der Waals surface area contributed by atoms with Gasteiger partial charge in [-0.15, -0.1) is 0 Å². The van der Waals surface area contributed by atoms with Crippen molar-refractivity contribution >= 4 is 32.9 Å². The minimum atomic E-state index is -0.0684. The zero-order valence-corrected chi connectivity index (χ0v) is 17.5. The Kier molecular flexibility index (Phi) is 4.91. The molecule has 0 radical (unpaired) electrons. The van der Waals surface area contributed by atoms with E-state index < -0.39 is 0 Å². The molecule has 1 fully saturated rings. The summed E-state index contributed by atoms with van der Waals surface area (Å²) in [5.41, 5.74) is 2.62. The molecule has 0 spiro atoms. The van der Waals surface area contributed by atoms with Crippen LogP contribution in [0, 0.1) is 0 Å². The maximum atomic E-state index is 12.8. The first-order valence-electron chi connectivity index (χ1n) is 10.0. The lowest BCUT2D eigenvalue weighted by molar-refractivity contribution is 0.0923. The number of amides is 1. The van der Waals surface area contributed by atoms with Gasteiger partial charge >= 0.3 is 0 Å². The zero-order valence-electron chi connectivity index (χ0n) is 15.9. The number of nitrogens with one attached hydrogen (secondary N) is 2. The van der Waals surface area contributed by atoms with Gasteiger partial charge in [0.05, 0.1) is 11.0 Å². The second-order valence-electron chi connectivity index (χ2n) is 7.68. The number of hydrogen-bond donors (Lipinski definition) is 2. The Morgan fingerprint density at radius 2 is 1.97 bits per heavy atom. The van der Waals surface area contributed by atoms with Crippen LogP contribution < -0.4 is 14.8 Å². The maximum Gasteiger partial charge on any atom is 0.251 e. The van der Waals surface area contributed by atoms with Crippen molar-refractivity contribution in [1.29, 1.82) is 0 Å². The fourth-order valence-corrected chi connectivity index (χ4v) is 4.58. The Morgan fingerprint density at radius 1 is 1.10 bits per heavy atom. The summed E-state index contributed by atoms with van der Waals surface area (Å²) in [7, 11) is 0. The van der Waals surface area contributed by atoms with Crippen LogP contribution in [-0.2, 0) is 0 Å². The van der Waals surface area contributed by atoms with Crippen LogP contribution in [-0.4, -0.2) is 35.1 Å². The number of H-pyrrole nitrogens is 1. The van der Waals surface area contributed by atoms with Crippen molar-refractivity contribution in [1.82, 2.24) is 15.3 Å². The van der Waals surface area contributed by atoms with Gasteiger partial charge in [-0.25, -0.2) is 4.98 Å². The van der Waals surface area contributed by atoms with Gasteiger partial charge in [0.25, 0.3) is 5.91 Å². The molecule has 5 rings (SSSR count). The van der Waals surface area contributed by atoms with E-state index in [-0.39, 0.29) is 11.9 Å². The van der Waals surface area contributed by atoms with E-state index in [2.05, 4.69) is 32.3 Å². The predicted molar refractivity (Wildman–Crippen MR) is 114 cm³/mol. The van der Waals surface area contributed by atoms with Crippen LogP contribution in [0.2, 0.25) is 0 Å². The number of hydrogen-bond acceptors (Lipinski definition) is 4. The average Bonchev–Trinajstić information content (AvgIpc) is 3.17. The van der Waals surface area contributed by atoms with Crippen molar-refractivity contribution in [2.75, 3.05) is 13.2 Å². The van der Waals surface area contributed by atoms with Gasteiger partial charge in [-0.05, 0) is 55.7 Å². The number of aromatic amines is 1. The van der Waals surface area contributed by atoms with Crippen molar-refractivity contribution in [2.24, 2.45) is 0 Å². The standard InChI is InChI=1S/C22H22BrN3O3/c23-15-5-6-17-18(12-15)26-21(25-17)13-2-1-3-16(10-13)24-22(27)14-4-7-19-20(11-14)29-9-8-28-19/h4-7,11-13,16H,1-3,8-10H2,(H,24,27)(H,25,26). The summed E-state index contributed by atoms with van der Waals surface area (Å²) in [6.07, 6.45) is 4.02. The fourth-order valence-electron chi connectivity index (χ4n) is 4.22. The topological polar surface area (TPSA) is 76.2 Å². The van der Waals surface area contributed by atoms with Crippen molar-refractivity contribution in [3.05, 3.63) is 52.3 Å². The number of carbonyl (C=O) groups excluding carboxylic acids is 1. The summed E-state index contributed by atoms with van der Waals surface area (Å²) in [4.78, 5) is 21.0. The van der Waals surface area contributed by atoms with Crippen molar-refractivity contribution in [3.63, 3.8) is 0 Å². The molecular formula is C22H22BrN3O3. The summed E-state index contributed by atoms with van der Waals surface area (Å²) < 4.78 is 12.2. The molecule has 2 heterocycles. The molecule has 2 N–H and O–H groups in total. The molecule has 0 saturated heterocycles. The second-order valence-corrected chi connectivity index (χ2v) is 8.59. The second kappa shape index (κ2) is 7.71. The van der Waals surface area contributed by atoms with Gasteiger partial charge in [0, 0.05) is 22.0 Å². The Hall–Kier alpha value is -2.54. The lowest BCUT2D eigenvalue weighted by Crippen LogP contribution is -2.38. The number of fused-ring (bicyclic) bond motifs is 2. The first kappa shape index (κ1) is 18.5. The Labute approximate surface area is 177 Å². The third-order valence-electron chi connectivity index (χ3n) is 5.66. The van der Waals surface area contributed by atoms with Gasteiger partial charge in [0.15, 0.2) is 11.5 Å². The highest BCUT2D eigenvalue weighted by molar-refractivity contribution is 9.10. The van der Waals surface area contributed by atoms with Crippen LogP contribution >= 0.6 is 15.9 Å². The molecule has 2 unspecified atom stereocenters. The largest absolute Gasteiger partial charge is 0.486 e. The van der Waals surface area contributed by atoms with E-state index >= 15 is 0 Å². The molecule has 1 aliphatic carbocycles. The summed E-state index contributed by atoms with van der Waals surface area (Å²) in [6, 6.07) is 11.6.